The van der Waals surface area contributed by atoms with E-state index in [9.17, 15) is 19.2 Å². The van der Waals surface area contributed by atoms with Gasteiger partial charge >= 0.3 is 23.9 Å². The first kappa shape index (κ1) is 17.9. The van der Waals surface area contributed by atoms with Crippen molar-refractivity contribution >= 4 is 23.9 Å². The van der Waals surface area contributed by atoms with E-state index in [2.05, 4.69) is 18.9 Å². The third-order valence-corrected chi connectivity index (χ3v) is 4.77. The highest BCUT2D eigenvalue weighted by Crippen LogP contribution is 2.66. The fraction of sp³-hybridized carbons (Fsp3) is 0.714. The van der Waals surface area contributed by atoms with Gasteiger partial charge in [0.2, 0.25) is 0 Å². The van der Waals surface area contributed by atoms with Crippen LogP contribution in [-0.4, -0.2) is 52.3 Å². The molecular formula is C14H20O8. The Labute approximate surface area is 128 Å². The van der Waals surface area contributed by atoms with Gasteiger partial charge in [0, 0.05) is 0 Å². The van der Waals surface area contributed by atoms with Crippen molar-refractivity contribution in [2.24, 2.45) is 22.7 Å². The Kier molecular flexibility index (Phi) is 4.84. The summed E-state index contributed by atoms with van der Waals surface area (Å²) in [6.45, 7) is 3.12. The fourth-order valence-corrected chi connectivity index (χ4v) is 3.57. The summed E-state index contributed by atoms with van der Waals surface area (Å²) in [5.41, 5.74) is -4.29. The van der Waals surface area contributed by atoms with E-state index >= 15 is 0 Å². The maximum Gasteiger partial charge on any atom is 0.325 e. The van der Waals surface area contributed by atoms with Crippen LogP contribution in [0, 0.1) is 22.7 Å². The zero-order valence-corrected chi connectivity index (χ0v) is 13.4. The molecule has 2 atom stereocenters. The van der Waals surface area contributed by atoms with Crippen LogP contribution in [-0.2, 0) is 38.1 Å². The van der Waals surface area contributed by atoms with Gasteiger partial charge in [-0.25, -0.2) is 0 Å². The molecule has 0 saturated heterocycles. The maximum absolute atomic E-state index is 12.4. The van der Waals surface area contributed by atoms with E-state index in [-0.39, 0.29) is 0 Å². The van der Waals surface area contributed by atoms with E-state index < -0.39 is 46.5 Å². The van der Waals surface area contributed by atoms with Crippen molar-refractivity contribution in [3.63, 3.8) is 0 Å². The van der Waals surface area contributed by atoms with Crippen molar-refractivity contribution in [3.05, 3.63) is 0 Å². The standard InChI is InChI=1S/C14H20O8/c1-7-8(2)14(11(17)21-5,12(18)22-6)13(7,9(15)19-3)10(16)20-4/h7-8H,1-6H3. The Morgan fingerprint density at radius 2 is 0.773 bits per heavy atom. The fourth-order valence-electron chi connectivity index (χ4n) is 3.57. The summed E-state index contributed by atoms with van der Waals surface area (Å²) in [5, 5.41) is 0. The van der Waals surface area contributed by atoms with Gasteiger partial charge in [0.15, 0.2) is 10.8 Å². The SMILES string of the molecule is COC(=O)C1(C(=O)OC)C(C)C(C)C1(C(=O)OC)C(=O)OC. The van der Waals surface area contributed by atoms with E-state index in [4.69, 9.17) is 0 Å². The van der Waals surface area contributed by atoms with Gasteiger partial charge in [0.25, 0.3) is 0 Å². The largest absolute Gasteiger partial charge is 0.468 e. The molecule has 2 unspecified atom stereocenters. The van der Waals surface area contributed by atoms with Gasteiger partial charge in [-0.05, 0) is 11.8 Å². The van der Waals surface area contributed by atoms with Crippen molar-refractivity contribution in [3.8, 4) is 0 Å². The minimum Gasteiger partial charge on any atom is -0.468 e. The average molecular weight is 316 g/mol. The van der Waals surface area contributed by atoms with Gasteiger partial charge < -0.3 is 18.9 Å². The molecule has 22 heavy (non-hydrogen) atoms. The molecule has 1 aliphatic carbocycles. The van der Waals surface area contributed by atoms with Gasteiger partial charge in [-0.1, -0.05) is 13.8 Å². The molecule has 0 N–H and O–H groups in total. The molecule has 1 fully saturated rings. The molecule has 124 valence electrons. The molecule has 0 aromatic rings. The first-order valence-corrected chi connectivity index (χ1v) is 6.58. The van der Waals surface area contributed by atoms with E-state index in [1.54, 1.807) is 13.8 Å². The number of hydrogen-bond acceptors (Lipinski definition) is 8. The lowest BCUT2D eigenvalue weighted by Gasteiger charge is -2.59. The number of ether oxygens (including phenoxy) is 4. The summed E-state index contributed by atoms with van der Waals surface area (Å²) < 4.78 is 18.8. The Hall–Kier alpha value is -2.12. The summed E-state index contributed by atoms with van der Waals surface area (Å²) in [6, 6.07) is 0. The Morgan fingerprint density at radius 3 is 0.909 bits per heavy atom. The molecule has 0 amide bonds. The van der Waals surface area contributed by atoms with Crippen LogP contribution in [0.3, 0.4) is 0 Å². The van der Waals surface area contributed by atoms with Gasteiger partial charge in [0.1, 0.15) is 0 Å². The smallest absolute Gasteiger partial charge is 0.325 e. The number of rotatable bonds is 4. The third-order valence-electron chi connectivity index (χ3n) is 4.77. The van der Waals surface area contributed by atoms with E-state index in [0.717, 1.165) is 28.4 Å². The highest BCUT2D eigenvalue weighted by Gasteiger charge is 2.85. The van der Waals surface area contributed by atoms with Gasteiger partial charge in [0.05, 0.1) is 28.4 Å². The zero-order valence-electron chi connectivity index (χ0n) is 13.4. The topological polar surface area (TPSA) is 105 Å². The van der Waals surface area contributed by atoms with Gasteiger partial charge in [-0.15, -0.1) is 0 Å². The van der Waals surface area contributed by atoms with Crippen LogP contribution in [0.5, 0.6) is 0 Å². The first-order chi connectivity index (χ1) is 10.2. The van der Waals surface area contributed by atoms with Crippen molar-refractivity contribution in [2.75, 3.05) is 28.4 Å². The Bertz CT molecular complexity index is 431. The third kappa shape index (κ3) is 1.69. The second-order valence-electron chi connectivity index (χ2n) is 5.16. The quantitative estimate of drug-likeness (QED) is 0.403. The van der Waals surface area contributed by atoms with Crippen LogP contribution in [0.1, 0.15) is 13.8 Å². The van der Waals surface area contributed by atoms with E-state index in [1.807, 2.05) is 0 Å². The molecule has 1 rings (SSSR count). The lowest BCUT2D eigenvalue weighted by atomic mass is 9.38. The minimum absolute atomic E-state index is 0.689. The molecule has 0 spiro atoms. The van der Waals surface area contributed by atoms with E-state index in [1.165, 1.54) is 0 Å². The summed E-state index contributed by atoms with van der Waals surface area (Å²) in [4.78, 5) is 49.6. The monoisotopic (exact) mass is 316 g/mol. The predicted molar refractivity (Wildman–Crippen MR) is 71.3 cm³/mol. The molecule has 1 aliphatic rings. The molecule has 0 aromatic carbocycles. The summed E-state index contributed by atoms with van der Waals surface area (Å²) in [5.74, 6) is -5.54. The number of methoxy groups -OCH3 is 4. The minimum atomic E-state index is -2.14. The van der Waals surface area contributed by atoms with Crippen molar-refractivity contribution in [2.45, 2.75) is 13.8 Å². The molecule has 1 saturated carbocycles. The lowest BCUT2D eigenvalue weighted by molar-refractivity contribution is -0.243. The van der Waals surface area contributed by atoms with Crippen LogP contribution in [0.2, 0.25) is 0 Å². The summed E-state index contributed by atoms with van der Waals surface area (Å²) in [7, 11) is 4.23. The second-order valence-corrected chi connectivity index (χ2v) is 5.16. The first-order valence-electron chi connectivity index (χ1n) is 6.58. The second kappa shape index (κ2) is 5.94. The lowest BCUT2D eigenvalue weighted by Crippen LogP contribution is -2.77. The molecule has 8 heteroatoms. The number of esters is 4. The number of carbonyl (C=O) groups excluding carboxylic acids is 4. The summed E-state index contributed by atoms with van der Waals surface area (Å²) >= 11 is 0. The Balaban J connectivity index is 3.76. The van der Waals surface area contributed by atoms with Crippen LogP contribution in [0.25, 0.3) is 0 Å². The highest BCUT2D eigenvalue weighted by atomic mass is 16.6. The molecule has 0 aliphatic heterocycles. The van der Waals surface area contributed by atoms with Crippen molar-refractivity contribution < 1.29 is 38.1 Å². The molecule has 8 nitrogen and oxygen atoms in total. The van der Waals surface area contributed by atoms with E-state index in [0.29, 0.717) is 0 Å². The average Bonchev–Trinajstić information content (AvgIpc) is 2.55. The number of carbonyl (C=O) groups is 4. The van der Waals surface area contributed by atoms with Crippen LogP contribution in [0.15, 0.2) is 0 Å². The van der Waals surface area contributed by atoms with Crippen LogP contribution in [0.4, 0.5) is 0 Å². The van der Waals surface area contributed by atoms with Gasteiger partial charge in [-0.2, -0.15) is 0 Å². The van der Waals surface area contributed by atoms with Crippen LogP contribution >= 0.6 is 0 Å². The van der Waals surface area contributed by atoms with Crippen molar-refractivity contribution in [1.29, 1.82) is 0 Å². The Morgan fingerprint density at radius 1 is 0.591 bits per heavy atom. The highest BCUT2D eigenvalue weighted by molar-refractivity contribution is 6.17. The maximum atomic E-state index is 12.4. The number of hydrogen-bond donors (Lipinski definition) is 0. The molecule has 0 heterocycles. The molecule has 0 radical (unpaired) electrons. The van der Waals surface area contributed by atoms with Crippen LogP contribution < -0.4 is 0 Å². The molecule has 0 aromatic heterocycles. The van der Waals surface area contributed by atoms with Crippen molar-refractivity contribution in [1.82, 2.24) is 0 Å². The summed E-state index contributed by atoms with van der Waals surface area (Å²) in [6.07, 6.45) is 0. The normalized spacial score (nSPS) is 24.5. The van der Waals surface area contributed by atoms with Gasteiger partial charge in [-0.3, -0.25) is 19.2 Å². The zero-order chi connectivity index (χ0) is 17.3. The molecule has 0 bridgehead atoms. The molecular weight excluding hydrogens is 296 g/mol. The predicted octanol–water partition coefficient (Wildman–Crippen LogP) is -0.0630.